The number of primary amides is 1. The number of alkyl halides is 3. The molecule has 1 amide bonds. The van der Waals surface area contributed by atoms with Gasteiger partial charge in [-0.05, 0) is 18.2 Å². The van der Waals surface area contributed by atoms with Crippen LogP contribution in [0.15, 0.2) is 18.2 Å². The zero-order valence-corrected chi connectivity index (χ0v) is 6.35. The van der Waals surface area contributed by atoms with Crippen molar-refractivity contribution in [1.82, 2.24) is 0 Å². The number of carbonyl (C=O) groups excluding carboxylic acids is 1. The van der Waals surface area contributed by atoms with E-state index in [9.17, 15) is 18.0 Å². The van der Waals surface area contributed by atoms with E-state index < -0.39 is 17.6 Å². The highest BCUT2D eigenvalue weighted by Gasteiger charge is 2.30. The third kappa shape index (κ3) is 2.21. The first-order valence-corrected chi connectivity index (χ1v) is 3.30. The third-order valence-corrected chi connectivity index (χ3v) is 1.39. The van der Waals surface area contributed by atoms with Crippen molar-refractivity contribution in [3.05, 3.63) is 35.4 Å². The summed E-state index contributed by atoms with van der Waals surface area (Å²) in [7, 11) is 0. The molecule has 2 nitrogen and oxygen atoms in total. The topological polar surface area (TPSA) is 43.1 Å². The standard InChI is InChI=1S/C8H5F3NO/c9-8(10,11)6-3-1-2-5(4-6)7(12)13/h1,3-4H,(H2,12,13). The average Bonchev–Trinajstić information content (AvgIpc) is 2.03. The van der Waals surface area contributed by atoms with E-state index in [1.54, 1.807) is 0 Å². The summed E-state index contributed by atoms with van der Waals surface area (Å²) < 4.78 is 36.2. The van der Waals surface area contributed by atoms with Crippen molar-refractivity contribution >= 4 is 5.91 Å². The minimum absolute atomic E-state index is 0.269. The highest BCUT2D eigenvalue weighted by atomic mass is 19.4. The molecule has 0 saturated heterocycles. The molecule has 0 heterocycles. The maximum atomic E-state index is 12.1. The lowest BCUT2D eigenvalue weighted by Crippen LogP contribution is -2.13. The first kappa shape index (κ1) is 9.57. The summed E-state index contributed by atoms with van der Waals surface area (Å²) in [6.07, 6.45) is -4.46. The number of benzene rings is 1. The smallest absolute Gasteiger partial charge is 0.366 e. The van der Waals surface area contributed by atoms with Gasteiger partial charge in [-0.2, -0.15) is 13.2 Å². The van der Waals surface area contributed by atoms with Crippen LogP contribution in [0.1, 0.15) is 15.9 Å². The van der Waals surface area contributed by atoms with Gasteiger partial charge in [0.2, 0.25) is 5.91 Å². The van der Waals surface area contributed by atoms with Crippen LogP contribution < -0.4 is 5.73 Å². The Morgan fingerprint density at radius 1 is 1.46 bits per heavy atom. The summed E-state index contributed by atoms with van der Waals surface area (Å²) in [5.41, 5.74) is 3.62. The Kier molecular flexibility index (Phi) is 2.27. The Balaban J connectivity index is 3.13. The molecule has 0 aliphatic carbocycles. The van der Waals surface area contributed by atoms with E-state index >= 15 is 0 Å². The third-order valence-electron chi connectivity index (χ3n) is 1.39. The predicted molar refractivity (Wildman–Crippen MR) is 38.8 cm³/mol. The summed E-state index contributed by atoms with van der Waals surface area (Å²) in [6, 6.07) is 4.82. The van der Waals surface area contributed by atoms with Crippen molar-refractivity contribution in [1.29, 1.82) is 0 Å². The fourth-order valence-corrected chi connectivity index (χ4v) is 0.785. The molecule has 0 bridgehead atoms. The summed E-state index contributed by atoms with van der Waals surface area (Å²) in [5, 5.41) is 0. The molecular weight excluding hydrogens is 183 g/mol. The van der Waals surface area contributed by atoms with Crippen LogP contribution in [0.4, 0.5) is 13.2 Å². The Bertz CT molecular complexity index is 332. The van der Waals surface area contributed by atoms with Gasteiger partial charge in [-0.25, -0.2) is 0 Å². The monoisotopic (exact) mass is 188 g/mol. The normalized spacial score (nSPS) is 11.3. The number of carbonyl (C=O) groups is 1. The Morgan fingerprint density at radius 2 is 2.08 bits per heavy atom. The lowest BCUT2D eigenvalue weighted by Gasteiger charge is -2.06. The molecule has 0 aliphatic heterocycles. The molecule has 0 aliphatic rings. The van der Waals surface area contributed by atoms with Gasteiger partial charge in [-0.3, -0.25) is 4.79 Å². The van der Waals surface area contributed by atoms with Gasteiger partial charge in [0.15, 0.2) is 0 Å². The fourth-order valence-electron chi connectivity index (χ4n) is 0.785. The van der Waals surface area contributed by atoms with Crippen LogP contribution in [0.25, 0.3) is 0 Å². The van der Waals surface area contributed by atoms with E-state index in [1.807, 2.05) is 0 Å². The van der Waals surface area contributed by atoms with Crippen molar-refractivity contribution in [3.8, 4) is 0 Å². The van der Waals surface area contributed by atoms with Gasteiger partial charge in [-0.1, -0.05) is 6.07 Å². The molecular formula is C8H5F3NO. The van der Waals surface area contributed by atoms with E-state index in [-0.39, 0.29) is 5.56 Å². The molecule has 0 aromatic heterocycles. The maximum absolute atomic E-state index is 12.1. The predicted octanol–water partition coefficient (Wildman–Crippen LogP) is 1.60. The zero-order valence-electron chi connectivity index (χ0n) is 6.35. The van der Waals surface area contributed by atoms with E-state index in [2.05, 4.69) is 6.07 Å². The van der Waals surface area contributed by atoms with Gasteiger partial charge in [-0.15, -0.1) is 0 Å². The Labute approximate surface area is 72.2 Å². The number of nitrogens with two attached hydrogens (primary N) is 1. The van der Waals surface area contributed by atoms with Gasteiger partial charge in [0, 0.05) is 5.56 Å². The van der Waals surface area contributed by atoms with Crippen molar-refractivity contribution in [2.75, 3.05) is 0 Å². The van der Waals surface area contributed by atoms with E-state index in [1.165, 1.54) is 0 Å². The lowest BCUT2D eigenvalue weighted by atomic mass is 10.1. The highest BCUT2D eigenvalue weighted by molar-refractivity contribution is 5.92. The molecule has 0 fully saturated rings. The lowest BCUT2D eigenvalue weighted by molar-refractivity contribution is -0.137. The van der Waals surface area contributed by atoms with Crippen LogP contribution in [0, 0.1) is 6.07 Å². The molecule has 0 unspecified atom stereocenters. The number of amides is 1. The van der Waals surface area contributed by atoms with Crippen LogP contribution in [-0.4, -0.2) is 5.91 Å². The van der Waals surface area contributed by atoms with Crippen molar-refractivity contribution < 1.29 is 18.0 Å². The summed E-state index contributed by atoms with van der Waals surface area (Å²) in [5.74, 6) is -0.925. The van der Waals surface area contributed by atoms with E-state index in [4.69, 9.17) is 5.73 Å². The highest BCUT2D eigenvalue weighted by Crippen LogP contribution is 2.29. The largest absolute Gasteiger partial charge is 0.416 e. The first-order valence-electron chi connectivity index (χ1n) is 3.30. The number of rotatable bonds is 1. The molecule has 13 heavy (non-hydrogen) atoms. The second kappa shape index (κ2) is 3.08. The molecule has 1 radical (unpaired) electrons. The average molecular weight is 188 g/mol. The van der Waals surface area contributed by atoms with Gasteiger partial charge in [0.05, 0.1) is 5.56 Å². The molecule has 1 aromatic carbocycles. The van der Waals surface area contributed by atoms with Crippen molar-refractivity contribution in [3.63, 3.8) is 0 Å². The van der Waals surface area contributed by atoms with E-state index in [0.717, 1.165) is 12.1 Å². The van der Waals surface area contributed by atoms with Gasteiger partial charge < -0.3 is 5.73 Å². The van der Waals surface area contributed by atoms with Gasteiger partial charge in [0.25, 0.3) is 0 Å². The summed E-state index contributed by atoms with van der Waals surface area (Å²) in [4.78, 5) is 10.5. The molecule has 1 rings (SSSR count). The number of halogens is 3. The van der Waals surface area contributed by atoms with Crippen LogP contribution in [0.3, 0.4) is 0 Å². The van der Waals surface area contributed by atoms with Crippen molar-refractivity contribution in [2.24, 2.45) is 5.73 Å². The Hall–Kier alpha value is -1.52. The second-order valence-electron chi connectivity index (χ2n) is 2.35. The van der Waals surface area contributed by atoms with Crippen LogP contribution in [0.2, 0.25) is 0 Å². The molecule has 0 spiro atoms. The maximum Gasteiger partial charge on any atom is 0.416 e. The molecule has 69 valence electrons. The molecule has 0 atom stereocenters. The zero-order chi connectivity index (χ0) is 10.1. The molecule has 5 heteroatoms. The van der Waals surface area contributed by atoms with Crippen LogP contribution >= 0.6 is 0 Å². The second-order valence-corrected chi connectivity index (χ2v) is 2.35. The molecule has 2 N–H and O–H groups in total. The SMILES string of the molecule is NC(=O)c1[c]ccc(C(F)(F)F)c1. The van der Waals surface area contributed by atoms with Gasteiger partial charge in [0.1, 0.15) is 0 Å². The fraction of sp³-hybridized carbons (Fsp3) is 0.125. The number of hydrogen-bond acceptors (Lipinski definition) is 1. The van der Waals surface area contributed by atoms with E-state index in [0.29, 0.717) is 6.07 Å². The van der Waals surface area contributed by atoms with Crippen LogP contribution in [-0.2, 0) is 6.18 Å². The van der Waals surface area contributed by atoms with Crippen LogP contribution in [0.5, 0.6) is 0 Å². The number of hydrogen-bond donors (Lipinski definition) is 1. The minimum Gasteiger partial charge on any atom is -0.366 e. The molecule has 0 saturated carbocycles. The Morgan fingerprint density at radius 3 is 2.54 bits per heavy atom. The molecule has 1 aromatic rings. The summed E-state index contributed by atoms with van der Waals surface area (Å²) >= 11 is 0. The van der Waals surface area contributed by atoms with Gasteiger partial charge >= 0.3 is 6.18 Å². The minimum atomic E-state index is -4.46. The first-order chi connectivity index (χ1) is 5.91. The summed E-state index contributed by atoms with van der Waals surface area (Å²) in [6.45, 7) is 0. The van der Waals surface area contributed by atoms with Crippen molar-refractivity contribution in [2.45, 2.75) is 6.18 Å². The quantitative estimate of drug-likeness (QED) is 0.714.